The van der Waals surface area contributed by atoms with Gasteiger partial charge in [0, 0.05) is 43.8 Å². The van der Waals surface area contributed by atoms with E-state index in [0.717, 1.165) is 28.7 Å². The summed E-state index contributed by atoms with van der Waals surface area (Å²) in [6.45, 7) is 0.818. The molecule has 0 bridgehead atoms. The molecule has 4 aromatic rings. The van der Waals surface area contributed by atoms with Crippen LogP contribution in [0.4, 0.5) is 5.69 Å². The molecule has 0 amide bonds. The molecule has 0 saturated heterocycles. The third-order valence-electron chi connectivity index (χ3n) is 4.84. The van der Waals surface area contributed by atoms with Crippen LogP contribution in [-0.4, -0.2) is 23.6 Å². The van der Waals surface area contributed by atoms with Crippen molar-refractivity contribution in [3.63, 3.8) is 0 Å². The predicted octanol–water partition coefficient (Wildman–Crippen LogP) is 5.96. The SMILES string of the molecule is CN(C)c1ccccc1CSc1nc(-c2ccccc2)cn1Cc1ccccc1. The van der Waals surface area contributed by atoms with Crippen LogP contribution in [0.3, 0.4) is 0 Å². The molecule has 4 heteroatoms. The standard InChI is InChI=1S/C25H25N3S/c1-27(2)24-16-10-9-15-22(24)19-29-25-26-23(21-13-7-4-8-14-21)18-28(25)17-20-11-5-3-6-12-20/h3-16,18H,17,19H2,1-2H3. The number of para-hydroxylation sites is 1. The Labute approximate surface area is 177 Å². The average molecular weight is 400 g/mol. The van der Waals surface area contributed by atoms with E-state index in [-0.39, 0.29) is 0 Å². The van der Waals surface area contributed by atoms with Gasteiger partial charge in [0.05, 0.1) is 5.69 Å². The average Bonchev–Trinajstić information content (AvgIpc) is 3.16. The second-order valence-electron chi connectivity index (χ2n) is 7.20. The van der Waals surface area contributed by atoms with Crippen LogP contribution in [0.15, 0.2) is 96.3 Å². The van der Waals surface area contributed by atoms with Gasteiger partial charge in [0.1, 0.15) is 0 Å². The second kappa shape index (κ2) is 9.01. The summed E-state index contributed by atoms with van der Waals surface area (Å²) in [5.74, 6) is 0.883. The first-order chi connectivity index (χ1) is 14.2. The van der Waals surface area contributed by atoms with Gasteiger partial charge in [0.2, 0.25) is 0 Å². The first-order valence-corrected chi connectivity index (χ1v) is 10.7. The van der Waals surface area contributed by atoms with Crippen molar-refractivity contribution in [1.82, 2.24) is 9.55 Å². The Hall–Kier alpha value is -2.98. The molecule has 0 aliphatic heterocycles. The van der Waals surface area contributed by atoms with Gasteiger partial charge < -0.3 is 9.47 Å². The highest BCUT2D eigenvalue weighted by Gasteiger charge is 2.12. The second-order valence-corrected chi connectivity index (χ2v) is 8.14. The van der Waals surface area contributed by atoms with Crippen molar-refractivity contribution in [1.29, 1.82) is 0 Å². The Morgan fingerprint density at radius 2 is 1.48 bits per heavy atom. The Kier molecular flexibility index (Phi) is 6.01. The van der Waals surface area contributed by atoms with Gasteiger partial charge in [-0.25, -0.2) is 4.98 Å². The lowest BCUT2D eigenvalue weighted by molar-refractivity contribution is 0.708. The minimum absolute atomic E-state index is 0.818. The number of thioether (sulfide) groups is 1. The van der Waals surface area contributed by atoms with Crippen molar-refractivity contribution < 1.29 is 0 Å². The van der Waals surface area contributed by atoms with Crippen molar-refractivity contribution in [3.05, 3.63) is 102 Å². The van der Waals surface area contributed by atoms with E-state index in [1.54, 1.807) is 11.8 Å². The first kappa shape index (κ1) is 19.3. The van der Waals surface area contributed by atoms with Crippen molar-refractivity contribution in [2.75, 3.05) is 19.0 Å². The van der Waals surface area contributed by atoms with Crippen LogP contribution >= 0.6 is 11.8 Å². The highest BCUT2D eigenvalue weighted by atomic mass is 32.2. The summed E-state index contributed by atoms with van der Waals surface area (Å²) in [5, 5.41) is 1.04. The van der Waals surface area contributed by atoms with E-state index < -0.39 is 0 Å². The van der Waals surface area contributed by atoms with Crippen LogP contribution in [-0.2, 0) is 12.3 Å². The molecule has 0 fully saturated rings. The van der Waals surface area contributed by atoms with Crippen molar-refractivity contribution in [3.8, 4) is 11.3 Å². The fourth-order valence-corrected chi connectivity index (χ4v) is 4.34. The molecule has 0 aliphatic carbocycles. The molecule has 4 rings (SSSR count). The maximum absolute atomic E-state index is 4.98. The van der Waals surface area contributed by atoms with E-state index >= 15 is 0 Å². The number of aromatic nitrogens is 2. The molecule has 0 N–H and O–H groups in total. The van der Waals surface area contributed by atoms with Crippen LogP contribution in [0, 0.1) is 0 Å². The Bertz CT molecular complexity index is 1060. The van der Waals surface area contributed by atoms with Gasteiger partial charge in [-0.3, -0.25) is 0 Å². The maximum Gasteiger partial charge on any atom is 0.169 e. The monoisotopic (exact) mass is 399 g/mol. The third kappa shape index (κ3) is 4.72. The number of anilines is 1. The van der Waals surface area contributed by atoms with Crippen LogP contribution in [0.1, 0.15) is 11.1 Å². The smallest absolute Gasteiger partial charge is 0.169 e. The minimum Gasteiger partial charge on any atom is -0.377 e. The molecular formula is C25H25N3S. The zero-order valence-electron chi connectivity index (χ0n) is 16.8. The van der Waals surface area contributed by atoms with E-state index in [4.69, 9.17) is 4.98 Å². The number of rotatable bonds is 7. The predicted molar refractivity (Wildman–Crippen MR) is 124 cm³/mol. The quantitative estimate of drug-likeness (QED) is 0.358. The molecule has 146 valence electrons. The third-order valence-corrected chi connectivity index (χ3v) is 5.87. The summed E-state index contributed by atoms with van der Waals surface area (Å²) >= 11 is 1.79. The van der Waals surface area contributed by atoms with Crippen LogP contribution in [0.2, 0.25) is 0 Å². The van der Waals surface area contributed by atoms with Crippen molar-refractivity contribution in [2.45, 2.75) is 17.5 Å². The van der Waals surface area contributed by atoms with E-state index in [1.807, 2.05) is 6.07 Å². The molecule has 0 unspecified atom stereocenters. The van der Waals surface area contributed by atoms with E-state index in [0.29, 0.717) is 0 Å². The molecule has 0 radical (unpaired) electrons. The highest BCUT2D eigenvalue weighted by Crippen LogP contribution is 2.30. The molecule has 0 saturated carbocycles. The number of benzene rings is 3. The van der Waals surface area contributed by atoms with E-state index in [2.05, 4.69) is 109 Å². The van der Waals surface area contributed by atoms with Crippen molar-refractivity contribution >= 4 is 17.4 Å². The van der Waals surface area contributed by atoms with Gasteiger partial charge in [0.25, 0.3) is 0 Å². The fraction of sp³-hybridized carbons (Fsp3) is 0.160. The molecule has 29 heavy (non-hydrogen) atoms. The van der Waals surface area contributed by atoms with E-state index in [1.165, 1.54) is 16.8 Å². The Balaban J connectivity index is 1.63. The lowest BCUT2D eigenvalue weighted by atomic mass is 10.2. The van der Waals surface area contributed by atoms with Crippen LogP contribution in [0.5, 0.6) is 0 Å². The van der Waals surface area contributed by atoms with Gasteiger partial charge in [-0.05, 0) is 17.2 Å². The topological polar surface area (TPSA) is 21.1 Å². The Morgan fingerprint density at radius 3 is 2.21 bits per heavy atom. The number of hydrogen-bond donors (Lipinski definition) is 0. The van der Waals surface area contributed by atoms with Gasteiger partial charge in [-0.1, -0.05) is 90.6 Å². The van der Waals surface area contributed by atoms with Gasteiger partial charge >= 0.3 is 0 Å². The number of nitrogens with zero attached hydrogens (tertiary/aromatic N) is 3. The fourth-order valence-electron chi connectivity index (χ4n) is 3.37. The summed E-state index contributed by atoms with van der Waals surface area (Å²) < 4.78 is 2.26. The van der Waals surface area contributed by atoms with Crippen LogP contribution < -0.4 is 4.90 Å². The molecule has 0 aliphatic rings. The minimum atomic E-state index is 0.818. The largest absolute Gasteiger partial charge is 0.377 e. The summed E-state index contributed by atoms with van der Waals surface area (Å²) in [6.07, 6.45) is 2.17. The Morgan fingerprint density at radius 1 is 0.828 bits per heavy atom. The lowest BCUT2D eigenvalue weighted by Crippen LogP contribution is -2.10. The summed E-state index contributed by atoms with van der Waals surface area (Å²) in [4.78, 5) is 7.15. The number of hydrogen-bond acceptors (Lipinski definition) is 3. The normalized spacial score (nSPS) is 10.8. The molecule has 0 atom stereocenters. The van der Waals surface area contributed by atoms with Gasteiger partial charge in [0.15, 0.2) is 5.16 Å². The lowest BCUT2D eigenvalue weighted by Gasteiger charge is -2.17. The summed E-state index contributed by atoms with van der Waals surface area (Å²) in [7, 11) is 4.18. The van der Waals surface area contributed by atoms with Gasteiger partial charge in [-0.2, -0.15) is 0 Å². The zero-order chi connectivity index (χ0) is 20.1. The zero-order valence-corrected chi connectivity index (χ0v) is 17.6. The highest BCUT2D eigenvalue weighted by molar-refractivity contribution is 7.98. The maximum atomic E-state index is 4.98. The van der Waals surface area contributed by atoms with E-state index in [9.17, 15) is 0 Å². The molecule has 3 aromatic carbocycles. The molecule has 1 heterocycles. The number of imidazole rings is 1. The van der Waals surface area contributed by atoms with Crippen molar-refractivity contribution in [2.24, 2.45) is 0 Å². The molecule has 0 spiro atoms. The molecule has 3 nitrogen and oxygen atoms in total. The molecule has 1 aromatic heterocycles. The van der Waals surface area contributed by atoms with Crippen LogP contribution in [0.25, 0.3) is 11.3 Å². The summed E-state index contributed by atoms with van der Waals surface area (Å²) in [6, 6.07) is 29.5. The summed E-state index contributed by atoms with van der Waals surface area (Å²) in [5.41, 5.74) is 6.02. The van der Waals surface area contributed by atoms with Gasteiger partial charge in [-0.15, -0.1) is 0 Å². The first-order valence-electron chi connectivity index (χ1n) is 9.75. The molecular weight excluding hydrogens is 374 g/mol.